The fraction of sp³-hybridized carbons (Fsp3) is 0.318. The minimum absolute atomic E-state index is 0.0202. The summed E-state index contributed by atoms with van der Waals surface area (Å²) in [5.41, 5.74) is 2.34. The molecule has 1 atom stereocenters. The van der Waals surface area contributed by atoms with Gasteiger partial charge in [-0.2, -0.15) is 0 Å². The van der Waals surface area contributed by atoms with Gasteiger partial charge in [0.05, 0.1) is 17.2 Å². The number of amides is 3. The Morgan fingerprint density at radius 3 is 2.59 bits per heavy atom. The van der Waals surface area contributed by atoms with Crippen LogP contribution in [0, 0.1) is 12.8 Å². The van der Waals surface area contributed by atoms with Crippen LogP contribution in [0.5, 0.6) is 0 Å². The number of halogens is 1. The third-order valence-corrected chi connectivity index (χ3v) is 5.28. The maximum Gasteiger partial charge on any atom is 0.253 e. The second-order valence-electron chi connectivity index (χ2n) is 7.45. The summed E-state index contributed by atoms with van der Waals surface area (Å²) in [7, 11) is 0. The van der Waals surface area contributed by atoms with E-state index in [-0.39, 0.29) is 36.7 Å². The highest BCUT2D eigenvalue weighted by atomic mass is 35.5. The SMILES string of the molecule is Cc1c(Cl)cccc1N1C[C@H](C(=O)Nc2ccccc2C(=O)NC(C)C)CC1=O. The first-order chi connectivity index (χ1) is 13.8. The molecule has 0 unspecified atom stereocenters. The molecule has 0 bridgehead atoms. The highest BCUT2D eigenvalue weighted by molar-refractivity contribution is 6.31. The van der Waals surface area contributed by atoms with Gasteiger partial charge < -0.3 is 15.5 Å². The van der Waals surface area contributed by atoms with E-state index in [2.05, 4.69) is 10.6 Å². The number of benzene rings is 2. The maximum absolute atomic E-state index is 12.8. The van der Waals surface area contributed by atoms with Gasteiger partial charge in [0.1, 0.15) is 0 Å². The standard InChI is InChI=1S/C22H24ClN3O3/c1-13(2)24-22(29)16-7-4-5-9-18(16)25-21(28)15-11-20(27)26(12-15)19-10-6-8-17(23)14(19)3/h4-10,13,15H,11-12H2,1-3H3,(H,24,29)(H,25,28)/t15-/m1/s1. The number of carbonyl (C=O) groups is 3. The minimum Gasteiger partial charge on any atom is -0.350 e. The minimum atomic E-state index is -0.512. The van der Waals surface area contributed by atoms with E-state index in [0.717, 1.165) is 11.3 Å². The maximum atomic E-state index is 12.8. The van der Waals surface area contributed by atoms with E-state index >= 15 is 0 Å². The van der Waals surface area contributed by atoms with Crippen LogP contribution in [0.4, 0.5) is 11.4 Å². The molecule has 2 aromatic rings. The molecule has 1 heterocycles. The van der Waals surface area contributed by atoms with Crippen molar-refractivity contribution < 1.29 is 14.4 Å². The van der Waals surface area contributed by atoms with Gasteiger partial charge in [0, 0.05) is 29.7 Å². The van der Waals surface area contributed by atoms with Crippen LogP contribution in [0.2, 0.25) is 5.02 Å². The van der Waals surface area contributed by atoms with Crippen LogP contribution >= 0.6 is 11.6 Å². The summed E-state index contributed by atoms with van der Waals surface area (Å²) in [6, 6.07) is 12.2. The van der Waals surface area contributed by atoms with E-state index < -0.39 is 5.92 Å². The Hall–Kier alpha value is -2.86. The van der Waals surface area contributed by atoms with Crippen LogP contribution in [-0.2, 0) is 9.59 Å². The third kappa shape index (κ3) is 4.59. The van der Waals surface area contributed by atoms with Crippen molar-refractivity contribution >= 4 is 40.7 Å². The van der Waals surface area contributed by atoms with Crippen LogP contribution in [0.15, 0.2) is 42.5 Å². The topological polar surface area (TPSA) is 78.5 Å². The van der Waals surface area contributed by atoms with Gasteiger partial charge in [0.2, 0.25) is 11.8 Å². The van der Waals surface area contributed by atoms with Crippen LogP contribution in [0.1, 0.15) is 36.2 Å². The molecule has 152 valence electrons. The smallest absolute Gasteiger partial charge is 0.253 e. The molecule has 1 aliphatic rings. The van der Waals surface area contributed by atoms with Crippen LogP contribution in [-0.4, -0.2) is 30.3 Å². The van der Waals surface area contributed by atoms with Crippen molar-refractivity contribution in [1.82, 2.24) is 5.32 Å². The monoisotopic (exact) mass is 413 g/mol. The second kappa shape index (κ2) is 8.66. The number of carbonyl (C=O) groups excluding carboxylic acids is 3. The Bertz CT molecular complexity index is 958. The van der Waals surface area contributed by atoms with E-state index in [1.807, 2.05) is 26.8 Å². The fourth-order valence-electron chi connectivity index (χ4n) is 3.37. The zero-order valence-electron chi connectivity index (χ0n) is 16.7. The highest BCUT2D eigenvalue weighted by Crippen LogP contribution is 2.32. The summed E-state index contributed by atoms with van der Waals surface area (Å²) in [4.78, 5) is 39.4. The summed E-state index contributed by atoms with van der Waals surface area (Å²) >= 11 is 6.17. The van der Waals surface area contributed by atoms with E-state index in [0.29, 0.717) is 16.3 Å². The molecule has 29 heavy (non-hydrogen) atoms. The second-order valence-corrected chi connectivity index (χ2v) is 7.86. The molecule has 1 saturated heterocycles. The highest BCUT2D eigenvalue weighted by Gasteiger charge is 2.36. The predicted octanol–water partition coefficient (Wildman–Crippen LogP) is 3.78. The van der Waals surface area contributed by atoms with Gasteiger partial charge in [0.25, 0.3) is 5.91 Å². The lowest BCUT2D eigenvalue weighted by Crippen LogP contribution is -2.32. The lowest BCUT2D eigenvalue weighted by Gasteiger charge is -2.20. The summed E-state index contributed by atoms with van der Waals surface area (Å²) < 4.78 is 0. The first-order valence-corrected chi connectivity index (χ1v) is 9.92. The largest absolute Gasteiger partial charge is 0.350 e. The number of hydrogen-bond acceptors (Lipinski definition) is 3. The van der Waals surface area contributed by atoms with Crippen molar-refractivity contribution in [1.29, 1.82) is 0 Å². The van der Waals surface area contributed by atoms with Gasteiger partial charge in [-0.15, -0.1) is 0 Å². The molecule has 1 fully saturated rings. The van der Waals surface area contributed by atoms with Crippen molar-refractivity contribution in [3.63, 3.8) is 0 Å². The summed E-state index contributed by atoms with van der Waals surface area (Å²) in [6.45, 7) is 5.86. The molecule has 2 aromatic carbocycles. The molecule has 1 aliphatic heterocycles. The molecule has 0 aromatic heterocycles. The number of nitrogens with zero attached hydrogens (tertiary/aromatic N) is 1. The molecule has 3 amide bonds. The number of para-hydroxylation sites is 1. The Kier molecular flexibility index (Phi) is 6.23. The Morgan fingerprint density at radius 1 is 1.14 bits per heavy atom. The molecule has 6 nitrogen and oxygen atoms in total. The van der Waals surface area contributed by atoms with Crippen molar-refractivity contribution in [2.24, 2.45) is 5.92 Å². The van der Waals surface area contributed by atoms with Gasteiger partial charge in [-0.25, -0.2) is 0 Å². The van der Waals surface area contributed by atoms with Gasteiger partial charge >= 0.3 is 0 Å². The molecule has 0 radical (unpaired) electrons. The molecule has 2 N–H and O–H groups in total. The van der Waals surface area contributed by atoms with Gasteiger partial charge in [0.15, 0.2) is 0 Å². The van der Waals surface area contributed by atoms with Crippen LogP contribution in [0.3, 0.4) is 0 Å². The fourth-order valence-corrected chi connectivity index (χ4v) is 3.54. The van der Waals surface area contributed by atoms with Crippen molar-refractivity contribution in [3.05, 3.63) is 58.6 Å². The van der Waals surface area contributed by atoms with Crippen molar-refractivity contribution in [3.8, 4) is 0 Å². The molecule has 0 aliphatic carbocycles. The molecular weight excluding hydrogens is 390 g/mol. The molecule has 0 saturated carbocycles. The normalized spacial score (nSPS) is 16.2. The number of nitrogens with one attached hydrogen (secondary N) is 2. The van der Waals surface area contributed by atoms with Crippen molar-refractivity contribution in [2.75, 3.05) is 16.8 Å². The Balaban J connectivity index is 1.75. The van der Waals surface area contributed by atoms with E-state index in [9.17, 15) is 14.4 Å². The lowest BCUT2D eigenvalue weighted by molar-refractivity contribution is -0.122. The summed E-state index contributed by atoms with van der Waals surface area (Å²) in [5, 5.41) is 6.22. The number of anilines is 2. The number of hydrogen-bond donors (Lipinski definition) is 2. The Labute approximate surface area is 175 Å². The van der Waals surface area contributed by atoms with Gasteiger partial charge in [-0.1, -0.05) is 29.8 Å². The predicted molar refractivity (Wildman–Crippen MR) is 114 cm³/mol. The first kappa shape index (κ1) is 20.9. The molecule has 3 rings (SSSR count). The zero-order chi connectivity index (χ0) is 21.1. The van der Waals surface area contributed by atoms with Gasteiger partial charge in [-0.05, 0) is 50.6 Å². The quantitative estimate of drug-likeness (QED) is 0.782. The average molecular weight is 414 g/mol. The zero-order valence-corrected chi connectivity index (χ0v) is 17.4. The van der Waals surface area contributed by atoms with Crippen molar-refractivity contribution in [2.45, 2.75) is 33.2 Å². The van der Waals surface area contributed by atoms with E-state index in [1.165, 1.54) is 0 Å². The van der Waals surface area contributed by atoms with Gasteiger partial charge in [-0.3, -0.25) is 14.4 Å². The summed E-state index contributed by atoms with van der Waals surface area (Å²) in [5.74, 6) is -1.18. The lowest BCUT2D eigenvalue weighted by atomic mass is 10.1. The molecule has 0 spiro atoms. The first-order valence-electron chi connectivity index (χ1n) is 9.54. The molecule has 7 heteroatoms. The van der Waals surface area contributed by atoms with Crippen LogP contribution < -0.4 is 15.5 Å². The number of rotatable bonds is 5. The third-order valence-electron chi connectivity index (χ3n) is 4.88. The Morgan fingerprint density at radius 2 is 1.86 bits per heavy atom. The van der Waals surface area contributed by atoms with E-state index in [4.69, 9.17) is 11.6 Å². The van der Waals surface area contributed by atoms with E-state index in [1.54, 1.807) is 41.3 Å². The van der Waals surface area contributed by atoms with Crippen LogP contribution in [0.25, 0.3) is 0 Å². The summed E-state index contributed by atoms with van der Waals surface area (Å²) in [6.07, 6.45) is 0.109. The molecular formula is C22H24ClN3O3. The average Bonchev–Trinajstić information content (AvgIpc) is 3.05.